The van der Waals surface area contributed by atoms with Crippen molar-refractivity contribution in [1.82, 2.24) is 29.9 Å². The van der Waals surface area contributed by atoms with Crippen LogP contribution in [0.15, 0.2) is 90.4 Å². The number of thiazole rings is 2. The molecule has 0 saturated heterocycles. The van der Waals surface area contributed by atoms with Gasteiger partial charge in [-0.25, -0.2) is 4.98 Å². The van der Waals surface area contributed by atoms with Gasteiger partial charge in [-0.3, -0.25) is 9.97 Å². The van der Waals surface area contributed by atoms with Crippen molar-refractivity contribution in [3.05, 3.63) is 132 Å². The van der Waals surface area contributed by atoms with Gasteiger partial charge in [0.05, 0.1) is 14.4 Å². The zero-order valence-electron chi connectivity index (χ0n) is 34.6. The van der Waals surface area contributed by atoms with E-state index in [1.165, 1.54) is 73.3 Å². The quantitative estimate of drug-likeness (QED) is 0.0426. The number of ether oxygens (including phenoxy) is 2. The first kappa shape index (κ1) is 53.7. The molecule has 0 unspecified atom stereocenters. The SMILES string of the molecule is C.C.CCC[CH2][Sn]([CH2]CCC)([CH2]CCC)[c]1cnc(C)s1.Cc1ncc(-c2cnc([N+](=O)[O-])c(OCc3ccncc3)c2)s1.O=[N+]([O-])c1ncc(Br)cc1OCc1ccncc1. The maximum absolute atomic E-state index is 11.1. The Balaban J connectivity index is 0.000000318. The Labute approximate surface area is 386 Å². The Morgan fingerprint density at radius 3 is 1.52 bits per heavy atom. The van der Waals surface area contributed by atoms with Gasteiger partial charge in [0.1, 0.15) is 19.4 Å². The molecule has 334 valence electrons. The Morgan fingerprint density at radius 1 is 0.645 bits per heavy atom. The predicted octanol–water partition coefficient (Wildman–Crippen LogP) is 12.9. The standard InChI is InChI=1S/C15H12N4O3S.C11H8BrN3O3.C4H4NS.3C4H9.2CH4.Sn/c1-10-17-8-14(23-10)12-6-13(15(18-7-12)19(20)21)22-9-11-2-4-16-5-3-11;12-9-5-10(11(14-6-9)15(16)17)18-7-8-1-3-13-4-2-8;1-4-5-2-3-6-4;3*1-3-4-2;;;/h2-8H,9H2,1H3;1-6H,7H2;2H,1H3;3*1,3-4H2,2H3;2*1H4;. The van der Waals surface area contributed by atoms with Crippen LogP contribution in [0.25, 0.3) is 10.4 Å². The largest absolute Gasteiger partial charge is 0.481 e. The van der Waals surface area contributed by atoms with Crippen LogP contribution in [0, 0.1) is 34.1 Å². The molecule has 0 bridgehead atoms. The molecule has 6 rings (SSSR count). The molecule has 14 nitrogen and oxygen atoms in total. The van der Waals surface area contributed by atoms with Gasteiger partial charge in [0.15, 0.2) is 6.20 Å². The number of halogens is 1. The number of rotatable bonds is 19. The summed E-state index contributed by atoms with van der Waals surface area (Å²) in [5.41, 5.74) is 2.48. The van der Waals surface area contributed by atoms with E-state index in [1.807, 2.05) is 18.3 Å². The molecule has 0 aliphatic heterocycles. The van der Waals surface area contributed by atoms with Crippen LogP contribution in [0.5, 0.6) is 11.5 Å². The first-order valence-corrected chi connectivity index (χ1v) is 29.7. The Hall–Kier alpha value is -4.46. The fraction of sp³-hybridized carbons (Fsp3) is 0.409. The number of hydrogen-bond donors (Lipinski definition) is 0. The minimum atomic E-state index is -2.12. The van der Waals surface area contributed by atoms with Crippen LogP contribution in [0.3, 0.4) is 0 Å². The van der Waals surface area contributed by atoms with Crippen molar-refractivity contribution < 1.29 is 19.3 Å². The smallest absolute Gasteiger partial charge is 0.406 e. The van der Waals surface area contributed by atoms with Crippen LogP contribution in [0.2, 0.25) is 13.3 Å². The van der Waals surface area contributed by atoms with Gasteiger partial charge >= 0.3 is 140 Å². The van der Waals surface area contributed by atoms with Crippen molar-refractivity contribution in [2.75, 3.05) is 0 Å². The van der Waals surface area contributed by atoms with E-state index in [0.717, 1.165) is 26.6 Å². The minimum absolute atomic E-state index is 0. The summed E-state index contributed by atoms with van der Waals surface area (Å²) in [5, 5.41) is 24.1. The van der Waals surface area contributed by atoms with E-state index in [4.69, 9.17) is 9.47 Å². The van der Waals surface area contributed by atoms with E-state index in [9.17, 15) is 20.2 Å². The van der Waals surface area contributed by atoms with Crippen molar-refractivity contribution in [3.63, 3.8) is 0 Å². The number of hydrogen-bond acceptors (Lipinski definition) is 14. The van der Waals surface area contributed by atoms with Gasteiger partial charge in [0.25, 0.3) is 0 Å². The molecule has 0 N–H and O–H groups in total. The van der Waals surface area contributed by atoms with Gasteiger partial charge in [0, 0.05) is 48.7 Å². The fourth-order valence-corrected chi connectivity index (χ4v) is 27.2. The van der Waals surface area contributed by atoms with E-state index in [0.29, 0.717) is 4.47 Å². The second kappa shape index (κ2) is 28.3. The van der Waals surface area contributed by atoms with Gasteiger partial charge in [0.2, 0.25) is 11.5 Å². The summed E-state index contributed by atoms with van der Waals surface area (Å²) < 4.78 is 18.1. The van der Waals surface area contributed by atoms with Crippen molar-refractivity contribution >= 4 is 71.5 Å². The molecule has 0 atom stereocenters. The third-order valence-corrected chi connectivity index (χ3v) is 29.8. The molecule has 0 aromatic carbocycles. The molecule has 0 fully saturated rings. The third kappa shape index (κ3) is 17.0. The Morgan fingerprint density at radius 2 is 1.10 bits per heavy atom. The summed E-state index contributed by atoms with van der Waals surface area (Å²) in [4.78, 5) is 45.9. The summed E-state index contributed by atoms with van der Waals surface area (Å²) in [7, 11) is 0. The van der Waals surface area contributed by atoms with Gasteiger partial charge < -0.3 is 29.7 Å². The second-order valence-corrected chi connectivity index (χ2v) is 31.4. The van der Waals surface area contributed by atoms with Crippen LogP contribution < -0.4 is 12.4 Å². The maximum atomic E-state index is 11.1. The molecule has 0 radical (unpaired) electrons. The molecule has 0 spiro atoms. The van der Waals surface area contributed by atoms with Gasteiger partial charge in [-0.2, -0.15) is 0 Å². The fourth-order valence-electron chi connectivity index (χ4n) is 6.14. The summed E-state index contributed by atoms with van der Waals surface area (Å²) in [5.74, 6) is -0.335. The number of pyridine rings is 4. The zero-order chi connectivity index (χ0) is 43.3. The molecule has 0 saturated carbocycles. The van der Waals surface area contributed by atoms with Crippen molar-refractivity contribution in [2.45, 2.75) is 115 Å². The van der Waals surface area contributed by atoms with E-state index >= 15 is 0 Å². The molecule has 0 amide bonds. The third-order valence-electron chi connectivity index (χ3n) is 9.34. The number of aromatic nitrogens is 6. The molecular formula is C44H59BrN8O6S2Sn. The number of nitrogens with zero attached hydrogens (tertiary/aromatic N) is 8. The molecule has 6 aromatic rings. The van der Waals surface area contributed by atoms with E-state index in [1.54, 1.807) is 77.5 Å². The van der Waals surface area contributed by atoms with Crippen molar-refractivity contribution in [2.24, 2.45) is 0 Å². The van der Waals surface area contributed by atoms with Crippen LogP contribution in [-0.4, -0.2) is 58.1 Å². The second-order valence-electron chi connectivity index (χ2n) is 13.9. The molecule has 6 heterocycles. The summed E-state index contributed by atoms with van der Waals surface area (Å²) >= 11 is 4.60. The van der Waals surface area contributed by atoms with Gasteiger partial charge in [-0.15, -0.1) is 11.3 Å². The molecule has 0 aliphatic carbocycles. The topological polar surface area (TPSA) is 182 Å². The average Bonchev–Trinajstić information content (AvgIpc) is 3.91. The molecular weight excluding hydrogens is 999 g/mol. The zero-order valence-corrected chi connectivity index (χ0v) is 40.7. The Bertz CT molecular complexity index is 2210. The van der Waals surface area contributed by atoms with Crippen LogP contribution >= 0.6 is 38.6 Å². The van der Waals surface area contributed by atoms with E-state index in [2.05, 4.69) is 79.7 Å². The monoisotopic (exact) mass is 1060 g/mol. The Kier molecular flexibility index (Phi) is 24.5. The van der Waals surface area contributed by atoms with Crippen LogP contribution in [0.4, 0.5) is 11.6 Å². The molecule has 6 aromatic heterocycles. The summed E-state index contributed by atoms with van der Waals surface area (Å²) in [6.45, 7) is 11.5. The maximum Gasteiger partial charge on any atom is 0.406 e. The normalized spacial score (nSPS) is 10.5. The first-order valence-electron chi connectivity index (χ1n) is 19.8. The minimum Gasteiger partial charge on any atom is -0.481 e. The van der Waals surface area contributed by atoms with Crippen LogP contribution in [0.1, 0.15) is 95.3 Å². The summed E-state index contributed by atoms with van der Waals surface area (Å²) in [6, 6.07) is 10.3. The molecule has 0 aliphatic rings. The summed E-state index contributed by atoms with van der Waals surface area (Å²) in [6.07, 6.45) is 21.7. The van der Waals surface area contributed by atoms with E-state index in [-0.39, 0.29) is 51.2 Å². The first-order chi connectivity index (χ1) is 29.0. The van der Waals surface area contributed by atoms with E-state index < -0.39 is 28.2 Å². The molecule has 18 heteroatoms. The van der Waals surface area contributed by atoms with Gasteiger partial charge in [-0.1, -0.05) is 14.9 Å². The number of unbranched alkanes of at least 4 members (excludes halogenated alkanes) is 3. The van der Waals surface area contributed by atoms with Gasteiger partial charge in [-0.05, 0) is 78.1 Å². The van der Waals surface area contributed by atoms with Crippen LogP contribution in [-0.2, 0) is 13.2 Å². The van der Waals surface area contributed by atoms with Crippen molar-refractivity contribution in [3.8, 4) is 21.9 Å². The predicted molar refractivity (Wildman–Crippen MR) is 257 cm³/mol. The van der Waals surface area contributed by atoms with Crippen molar-refractivity contribution in [1.29, 1.82) is 0 Å². The number of nitro groups is 2. The average molecular weight is 1060 g/mol. The molecule has 62 heavy (non-hydrogen) atoms. The number of aryl methyl sites for hydroxylation is 2.